The molecular formula is C25H20BrN3O2. The molecule has 31 heavy (non-hydrogen) atoms. The number of halogens is 1. The zero-order chi connectivity index (χ0) is 21.8. The number of benzene rings is 3. The number of likely N-dealkylation sites (N-methyl/N-ethyl adjacent to an activating group) is 1. The Morgan fingerprint density at radius 3 is 2.42 bits per heavy atom. The summed E-state index contributed by atoms with van der Waals surface area (Å²) in [5, 5.41) is 2.74. The van der Waals surface area contributed by atoms with Gasteiger partial charge >= 0.3 is 0 Å². The summed E-state index contributed by atoms with van der Waals surface area (Å²) < 4.78 is 0.962. The fourth-order valence-electron chi connectivity index (χ4n) is 3.37. The molecule has 1 N–H and O–H groups in total. The number of nitrogens with one attached hydrogen (secondary N) is 1. The summed E-state index contributed by atoms with van der Waals surface area (Å²) in [7, 11) is 1.70. The molecule has 0 bridgehead atoms. The largest absolute Gasteiger partial charge is 0.323 e. The molecule has 154 valence electrons. The Balaban J connectivity index is 1.66. The third-order valence-electron chi connectivity index (χ3n) is 4.97. The third kappa shape index (κ3) is 4.64. The van der Waals surface area contributed by atoms with Crippen LogP contribution < -0.4 is 10.2 Å². The van der Waals surface area contributed by atoms with Gasteiger partial charge in [0.25, 0.3) is 5.91 Å². The first-order chi connectivity index (χ1) is 15.0. The lowest BCUT2D eigenvalue weighted by Crippen LogP contribution is -2.45. The molecule has 0 radical (unpaired) electrons. The van der Waals surface area contributed by atoms with E-state index in [0.717, 1.165) is 26.9 Å². The highest BCUT2D eigenvalue weighted by Gasteiger charge is 2.30. The average molecular weight is 474 g/mol. The van der Waals surface area contributed by atoms with Gasteiger partial charge < -0.3 is 10.2 Å². The molecule has 0 aromatic heterocycles. The van der Waals surface area contributed by atoms with E-state index in [1.165, 1.54) is 11.0 Å². The number of carbonyl (C=O) groups is 2. The summed E-state index contributed by atoms with van der Waals surface area (Å²) in [5.74, 6) is -0.694. The number of amides is 2. The van der Waals surface area contributed by atoms with E-state index in [1.807, 2.05) is 78.9 Å². The van der Waals surface area contributed by atoms with Gasteiger partial charge in [0.2, 0.25) is 12.1 Å². The molecule has 0 spiro atoms. The Morgan fingerprint density at radius 1 is 1.00 bits per heavy atom. The van der Waals surface area contributed by atoms with Crippen LogP contribution in [0.2, 0.25) is 0 Å². The fourth-order valence-corrected chi connectivity index (χ4v) is 3.64. The molecule has 5 nitrogen and oxygen atoms in total. The Labute approximate surface area is 189 Å². The van der Waals surface area contributed by atoms with Crippen molar-refractivity contribution < 1.29 is 9.59 Å². The van der Waals surface area contributed by atoms with Gasteiger partial charge in [0.1, 0.15) is 0 Å². The predicted molar refractivity (Wildman–Crippen MR) is 127 cm³/mol. The van der Waals surface area contributed by atoms with Crippen LogP contribution >= 0.6 is 15.9 Å². The first-order valence-electron chi connectivity index (χ1n) is 9.77. The topological polar surface area (TPSA) is 61.8 Å². The van der Waals surface area contributed by atoms with Crippen LogP contribution in [0.1, 0.15) is 16.7 Å². The molecular weight excluding hydrogens is 454 g/mol. The van der Waals surface area contributed by atoms with Gasteiger partial charge in [0, 0.05) is 28.7 Å². The molecule has 6 heteroatoms. The number of carbonyl (C=O) groups excluding carboxylic acids is 2. The van der Waals surface area contributed by atoms with Gasteiger partial charge in [-0.05, 0) is 29.8 Å². The van der Waals surface area contributed by atoms with Gasteiger partial charge in [0.15, 0.2) is 0 Å². The van der Waals surface area contributed by atoms with Gasteiger partial charge in [-0.25, -0.2) is 4.99 Å². The molecule has 0 unspecified atom stereocenters. The summed E-state index contributed by atoms with van der Waals surface area (Å²) in [6, 6.07) is 24.8. The van der Waals surface area contributed by atoms with Crippen molar-refractivity contribution in [3.63, 3.8) is 0 Å². The smallest absolute Gasteiger partial charge is 0.272 e. The number of anilines is 1. The minimum Gasteiger partial charge on any atom is -0.323 e. The van der Waals surface area contributed by atoms with E-state index in [1.54, 1.807) is 13.1 Å². The summed E-state index contributed by atoms with van der Waals surface area (Å²) in [6.07, 6.45) is 2.07. The van der Waals surface area contributed by atoms with Crippen molar-refractivity contribution >= 4 is 45.2 Å². The SMILES string of the molecule is CN1C(=O)[C@H](NC(=O)C=Cc2ccc(Br)cc2)N=C(c2ccccc2)c2ccccc21. The van der Waals surface area contributed by atoms with E-state index in [0.29, 0.717) is 5.71 Å². The molecule has 2 amide bonds. The van der Waals surface area contributed by atoms with Crippen LogP contribution in [0.5, 0.6) is 0 Å². The fraction of sp³-hybridized carbons (Fsp3) is 0.0800. The second-order valence-electron chi connectivity index (χ2n) is 7.05. The minimum atomic E-state index is -1.03. The molecule has 0 saturated heterocycles. The molecule has 4 rings (SSSR count). The number of rotatable bonds is 4. The van der Waals surface area contributed by atoms with Gasteiger partial charge in [0.05, 0.1) is 11.4 Å². The zero-order valence-electron chi connectivity index (χ0n) is 16.8. The number of aliphatic imine (C=N–C) groups is 1. The predicted octanol–water partition coefficient (Wildman–Crippen LogP) is 4.42. The Morgan fingerprint density at radius 2 is 1.68 bits per heavy atom. The monoisotopic (exact) mass is 473 g/mol. The minimum absolute atomic E-state index is 0.302. The first-order valence-corrected chi connectivity index (χ1v) is 10.6. The number of hydrogen-bond acceptors (Lipinski definition) is 3. The van der Waals surface area contributed by atoms with Crippen molar-refractivity contribution in [2.75, 3.05) is 11.9 Å². The van der Waals surface area contributed by atoms with Crippen molar-refractivity contribution in [3.05, 3.63) is 106 Å². The summed E-state index contributed by atoms with van der Waals surface area (Å²) in [5.41, 5.74) is 4.01. The molecule has 1 aliphatic heterocycles. The summed E-state index contributed by atoms with van der Waals surface area (Å²) in [6.45, 7) is 0. The normalized spacial score (nSPS) is 15.9. The molecule has 0 saturated carbocycles. The molecule has 1 atom stereocenters. The Kier molecular flexibility index (Phi) is 6.09. The molecule has 0 aliphatic carbocycles. The van der Waals surface area contributed by atoms with Crippen molar-refractivity contribution in [3.8, 4) is 0 Å². The third-order valence-corrected chi connectivity index (χ3v) is 5.50. The molecule has 0 fully saturated rings. The maximum Gasteiger partial charge on any atom is 0.272 e. The van der Waals surface area contributed by atoms with Crippen LogP contribution in [-0.4, -0.2) is 30.7 Å². The zero-order valence-corrected chi connectivity index (χ0v) is 18.4. The first kappa shape index (κ1) is 20.8. The Bertz CT molecular complexity index is 1170. The molecule has 1 heterocycles. The highest BCUT2D eigenvalue weighted by molar-refractivity contribution is 9.10. The number of benzodiazepines with no additional fused rings is 1. The van der Waals surface area contributed by atoms with Crippen molar-refractivity contribution in [1.82, 2.24) is 5.32 Å². The van der Waals surface area contributed by atoms with Crippen LogP contribution in [0.3, 0.4) is 0 Å². The van der Waals surface area contributed by atoms with E-state index in [2.05, 4.69) is 26.2 Å². The van der Waals surface area contributed by atoms with Crippen LogP contribution in [0.15, 0.2) is 94.4 Å². The van der Waals surface area contributed by atoms with Crippen LogP contribution in [-0.2, 0) is 9.59 Å². The van der Waals surface area contributed by atoms with Crippen LogP contribution in [0.25, 0.3) is 6.08 Å². The second-order valence-corrected chi connectivity index (χ2v) is 7.97. The van der Waals surface area contributed by atoms with Gasteiger partial charge in [-0.2, -0.15) is 0 Å². The highest BCUT2D eigenvalue weighted by atomic mass is 79.9. The molecule has 3 aromatic carbocycles. The van der Waals surface area contributed by atoms with E-state index in [4.69, 9.17) is 0 Å². The van der Waals surface area contributed by atoms with Crippen molar-refractivity contribution in [2.45, 2.75) is 6.17 Å². The maximum absolute atomic E-state index is 13.1. The number of nitrogens with zero attached hydrogens (tertiary/aromatic N) is 2. The maximum atomic E-state index is 13.1. The van der Waals surface area contributed by atoms with Crippen LogP contribution in [0.4, 0.5) is 5.69 Å². The van der Waals surface area contributed by atoms with Gasteiger partial charge in [-0.1, -0.05) is 76.6 Å². The summed E-state index contributed by atoms with van der Waals surface area (Å²) >= 11 is 3.39. The Hall–Kier alpha value is -3.51. The number of hydrogen-bond donors (Lipinski definition) is 1. The number of fused-ring (bicyclic) bond motifs is 1. The highest BCUT2D eigenvalue weighted by Crippen LogP contribution is 2.27. The number of para-hydroxylation sites is 1. The molecule has 3 aromatic rings. The van der Waals surface area contributed by atoms with Gasteiger partial charge in [-0.15, -0.1) is 0 Å². The van der Waals surface area contributed by atoms with Crippen molar-refractivity contribution in [2.24, 2.45) is 4.99 Å². The standard InChI is InChI=1S/C25H20BrN3O2/c1-29-21-10-6-5-9-20(21)23(18-7-3-2-4-8-18)28-24(25(29)31)27-22(30)16-13-17-11-14-19(26)15-12-17/h2-16,24H,1H3,(H,27,30)/t24-/m1/s1. The molecule has 1 aliphatic rings. The van der Waals surface area contributed by atoms with E-state index < -0.39 is 12.1 Å². The quantitative estimate of drug-likeness (QED) is 0.570. The summed E-state index contributed by atoms with van der Waals surface area (Å²) in [4.78, 5) is 31.9. The lowest BCUT2D eigenvalue weighted by molar-refractivity contribution is -0.124. The van der Waals surface area contributed by atoms with Gasteiger partial charge in [-0.3, -0.25) is 9.59 Å². The van der Waals surface area contributed by atoms with Crippen LogP contribution in [0, 0.1) is 0 Å². The lowest BCUT2D eigenvalue weighted by atomic mass is 10.0. The van der Waals surface area contributed by atoms with E-state index >= 15 is 0 Å². The lowest BCUT2D eigenvalue weighted by Gasteiger charge is -2.20. The van der Waals surface area contributed by atoms with Crippen molar-refractivity contribution in [1.29, 1.82) is 0 Å². The average Bonchev–Trinajstić information content (AvgIpc) is 2.90. The van der Waals surface area contributed by atoms with E-state index in [9.17, 15) is 9.59 Å². The second kappa shape index (κ2) is 9.10. The van der Waals surface area contributed by atoms with E-state index in [-0.39, 0.29) is 5.91 Å².